The van der Waals surface area contributed by atoms with Gasteiger partial charge in [-0.2, -0.15) is 0 Å². The molecule has 0 saturated heterocycles. The van der Waals surface area contributed by atoms with Crippen molar-refractivity contribution in [3.05, 3.63) is 136 Å². The standard InChI is InChI=1S/C48H61N3O5/c1-50-32-37-13-7-14-38(23-24-52)39(26-37)15-8-16-44(53)31-45(54)22-21-40-29-47(56-2)46(55)28-42(40)27-43-33-51-48(49)30-41(43)20-19-36-12-6-11-35(25-36)18-17-34-9-4-3-5-10-34/h3-7,9-12,14,21-22,25,28-30,33,37-39,48,50-52,55H,8,13,15-20,23-24,26-27,31-32,49H2,1-2H3. The van der Waals surface area contributed by atoms with Crippen LogP contribution in [0.3, 0.4) is 0 Å². The maximum Gasteiger partial charge on any atom is 0.163 e. The summed E-state index contributed by atoms with van der Waals surface area (Å²) in [6.07, 6.45) is 20.2. The zero-order valence-electron chi connectivity index (χ0n) is 33.2. The monoisotopic (exact) mass is 759 g/mol. The van der Waals surface area contributed by atoms with Crippen molar-refractivity contribution in [1.29, 1.82) is 0 Å². The number of hydrogen-bond acceptors (Lipinski definition) is 8. The second-order valence-corrected chi connectivity index (χ2v) is 15.4. The van der Waals surface area contributed by atoms with Crippen LogP contribution in [0.5, 0.6) is 11.5 Å². The fourth-order valence-electron chi connectivity index (χ4n) is 8.18. The first-order valence-electron chi connectivity index (χ1n) is 20.3. The first-order valence-corrected chi connectivity index (χ1v) is 20.3. The number of ether oxygens (including phenoxy) is 1. The summed E-state index contributed by atoms with van der Waals surface area (Å²) in [5.74, 6) is 1.27. The summed E-state index contributed by atoms with van der Waals surface area (Å²) in [5, 5.41) is 26.9. The van der Waals surface area contributed by atoms with Crippen molar-refractivity contribution in [2.24, 2.45) is 23.5 Å². The van der Waals surface area contributed by atoms with Crippen molar-refractivity contribution >= 4 is 17.6 Å². The fourth-order valence-corrected chi connectivity index (χ4v) is 8.18. The van der Waals surface area contributed by atoms with Crippen LogP contribution in [0.2, 0.25) is 0 Å². The van der Waals surface area contributed by atoms with Crippen molar-refractivity contribution in [2.45, 2.75) is 83.2 Å². The number of allylic oxidation sites excluding steroid dienone is 5. The van der Waals surface area contributed by atoms with Crippen LogP contribution in [-0.4, -0.2) is 55.3 Å². The van der Waals surface area contributed by atoms with E-state index in [2.05, 4.69) is 77.4 Å². The Morgan fingerprint density at radius 2 is 1.71 bits per heavy atom. The van der Waals surface area contributed by atoms with E-state index in [1.54, 1.807) is 18.2 Å². The number of carbonyl (C=O) groups excluding carboxylic acids is 2. The number of rotatable bonds is 21. The number of phenols is 1. The molecule has 1 aliphatic carbocycles. The number of carbonyl (C=O) groups is 2. The summed E-state index contributed by atoms with van der Waals surface area (Å²) >= 11 is 0. The molecule has 3 aromatic carbocycles. The summed E-state index contributed by atoms with van der Waals surface area (Å²) in [5.41, 5.74) is 14.0. The van der Waals surface area contributed by atoms with Crippen LogP contribution in [0.25, 0.3) is 6.08 Å². The first-order chi connectivity index (χ1) is 27.2. The molecular formula is C48H61N3O5. The van der Waals surface area contributed by atoms with Gasteiger partial charge in [0.15, 0.2) is 17.3 Å². The van der Waals surface area contributed by atoms with E-state index >= 15 is 0 Å². The van der Waals surface area contributed by atoms with Gasteiger partial charge < -0.3 is 31.3 Å². The number of aliphatic hydroxyl groups excluding tert-OH is 1. The molecule has 0 saturated carbocycles. The van der Waals surface area contributed by atoms with Gasteiger partial charge in [0, 0.05) is 19.2 Å². The normalized spacial score (nSPS) is 19.6. The van der Waals surface area contributed by atoms with Gasteiger partial charge in [0.05, 0.1) is 19.7 Å². The molecule has 3 aromatic rings. The average Bonchev–Trinajstić information content (AvgIpc) is 3.38. The minimum absolute atomic E-state index is 0.0164. The SMILES string of the molecule is CNCC1CC=CC(CCO)C(CCCC(=O)CC(=O)C=Cc2cc(OC)c(O)cc2CC2=CNC(N)C=C2CCc2cccc(CCc3ccccc3)c2)C1. The molecule has 8 heteroatoms. The molecule has 4 atom stereocenters. The number of dihydropyridines is 1. The van der Waals surface area contributed by atoms with Gasteiger partial charge in [-0.25, -0.2) is 0 Å². The summed E-state index contributed by atoms with van der Waals surface area (Å²) in [6.45, 7) is 1.11. The molecule has 6 N–H and O–H groups in total. The number of ketones is 2. The topological polar surface area (TPSA) is 134 Å². The van der Waals surface area contributed by atoms with Gasteiger partial charge in [-0.05, 0) is 159 Å². The quantitative estimate of drug-likeness (QED) is 0.0427. The third-order valence-electron chi connectivity index (χ3n) is 11.2. The van der Waals surface area contributed by atoms with Crippen LogP contribution in [0.1, 0.15) is 79.2 Å². The van der Waals surface area contributed by atoms with E-state index in [0.717, 1.165) is 86.6 Å². The number of aryl methyl sites for hydroxylation is 3. The van der Waals surface area contributed by atoms with Crippen molar-refractivity contribution < 1.29 is 24.5 Å². The third-order valence-corrected chi connectivity index (χ3v) is 11.2. The predicted molar refractivity (Wildman–Crippen MR) is 226 cm³/mol. The molecule has 1 heterocycles. The van der Waals surface area contributed by atoms with Gasteiger partial charge in [-0.1, -0.05) is 72.8 Å². The van der Waals surface area contributed by atoms with E-state index in [1.165, 1.54) is 29.9 Å². The molecule has 0 bridgehead atoms. The van der Waals surface area contributed by atoms with Crippen LogP contribution in [0.15, 0.2) is 108 Å². The second kappa shape index (κ2) is 22.1. The lowest BCUT2D eigenvalue weighted by atomic mass is 9.81. The van der Waals surface area contributed by atoms with Crippen molar-refractivity contribution in [3.8, 4) is 11.5 Å². The summed E-state index contributed by atoms with van der Waals surface area (Å²) in [4.78, 5) is 26.0. The predicted octanol–water partition coefficient (Wildman–Crippen LogP) is 7.57. The van der Waals surface area contributed by atoms with E-state index in [1.807, 2.05) is 19.3 Å². The molecule has 56 heavy (non-hydrogen) atoms. The third kappa shape index (κ3) is 13.2. The van der Waals surface area contributed by atoms with Crippen molar-refractivity contribution in [2.75, 3.05) is 27.3 Å². The summed E-state index contributed by atoms with van der Waals surface area (Å²) < 4.78 is 5.42. The van der Waals surface area contributed by atoms with E-state index in [0.29, 0.717) is 36.3 Å². The minimum atomic E-state index is -0.300. The highest BCUT2D eigenvalue weighted by atomic mass is 16.5. The lowest BCUT2D eigenvalue weighted by Gasteiger charge is -2.26. The Bertz CT molecular complexity index is 1860. The highest BCUT2D eigenvalue weighted by molar-refractivity contribution is 6.06. The molecular weight excluding hydrogens is 699 g/mol. The second-order valence-electron chi connectivity index (χ2n) is 15.4. The molecule has 0 radical (unpaired) electrons. The van der Waals surface area contributed by atoms with Crippen LogP contribution in [0, 0.1) is 17.8 Å². The van der Waals surface area contributed by atoms with Gasteiger partial charge in [-0.15, -0.1) is 0 Å². The molecule has 0 spiro atoms. The van der Waals surface area contributed by atoms with E-state index < -0.39 is 0 Å². The number of aromatic hydroxyl groups is 1. The molecule has 0 amide bonds. The minimum Gasteiger partial charge on any atom is -0.504 e. The molecule has 2 aliphatic rings. The average molecular weight is 760 g/mol. The molecule has 1 aliphatic heterocycles. The number of nitrogens with two attached hydrogens (primary N) is 1. The largest absolute Gasteiger partial charge is 0.504 e. The smallest absolute Gasteiger partial charge is 0.163 e. The zero-order chi connectivity index (χ0) is 39.7. The van der Waals surface area contributed by atoms with Gasteiger partial charge >= 0.3 is 0 Å². The highest BCUT2D eigenvalue weighted by Crippen LogP contribution is 2.35. The summed E-state index contributed by atoms with van der Waals surface area (Å²) in [7, 11) is 3.47. The summed E-state index contributed by atoms with van der Waals surface area (Å²) in [6, 6.07) is 22.8. The number of aliphatic hydroxyl groups is 1. The van der Waals surface area contributed by atoms with E-state index in [9.17, 15) is 19.8 Å². The maximum atomic E-state index is 13.1. The van der Waals surface area contributed by atoms with Crippen molar-refractivity contribution in [3.63, 3.8) is 0 Å². The molecule has 0 aromatic heterocycles. The molecule has 8 nitrogen and oxygen atoms in total. The van der Waals surface area contributed by atoms with Gasteiger partial charge in [0.25, 0.3) is 0 Å². The number of Topliss-reactive ketones (excluding diaryl/α,β-unsaturated/α-hetero) is 1. The van der Waals surface area contributed by atoms with Gasteiger partial charge in [-0.3, -0.25) is 9.59 Å². The van der Waals surface area contributed by atoms with Crippen molar-refractivity contribution in [1.82, 2.24) is 10.6 Å². The van der Waals surface area contributed by atoms with Crippen LogP contribution >= 0.6 is 0 Å². The Morgan fingerprint density at radius 1 is 0.964 bits per heavy atom. The van der Waals surface area contributed by atoms with Gasteiger partial charge in [0.2, 0.25) is 0 Å². The molecule has 0 fully saturated rings. The Kier molecular flexibility index (Phi) is 16.7. The molecule has 4 unspecified atom stereocenters. The lowest BCUT2D eigenvalue weighted by molar-refractivity contribution is -0.124. The van der Waals surface area contributed by atoms with Crippen LogP contribution in [0.4, 0.5) is 0 Å². The number of hydrogen-bond donors (Lipinski definition) is 5. The van der Waals surface area contributed by atoms with E-state index in [4.69, 9.17) is 10.5 Å². The Morgan fingerprint density at radius 3 is 2.46 bits per heavy atom. The first kappa shape index (κ1) is 42.4. The van der Waals surface area contributed by atoms with Crippen LogP contribution in [-0.2, 0) is 35.3 Å². The number of methoxy groups -OCH3 is 1. The van der Waals surface area contributed by atoms with E-state index in [-0.39, 0.29) is 36.5 Å². The number of benzene rings is 3. The maximum absolute atomic E-state index is 13.1. The number of phenolic OH excluding ortho intramolecular Hbond substituents is 1. The zero-order valence-corrected chi connectivity index (χ0v) is 33.2. The molecule has 5 rings (SSSR count). The van der Waals surface area contributed by atoms with Gasteiger partial charge in [0.1, 0.15) is 5.78 Å². The van der Waals surface area contributed by atoms with Crippen LogP contribution < -0.4 is 21.1 Å². The highest BCUT2D eigenvalue weighted by Gasteiger charge is 2.25. The Labute approximate surface area is 333 Å². The lowest BCUT2D eigenvalue weighted by Crippen LogP contribution is -2.35. The number of nitrogens with one attached hydrogen (secondary N) is 2. The Balaban J connectivity index is 1.19. The Hall–Kier alpha value is -4.76. The fraction of sp³-hybridized carbons (Fsp3) is 0.417. The molecule has 298 valence electrons.